The quantitative estimate of drug-likeness (QED) is 0.629. The maximum absolute atomic E-state index is 12.3. The highest BCUT2D eigenvalue weighted by Gasteiger charge is 2.24. The van der Waals surface area contributed by atoms with Gasteiger partial charge in [-0.1, -0.05) is 13.8 Å². The van der Waals surface area contributed by atoms with E-state index in [0.717, 1.165) is 5.69 Å². The SMILES string of the molecule is CCOC(C)CNS(=O)(=O)c1n[nH]c(C)c1CNC(C)C. The molecule has 0 radical (unpaired) electrons. The number of nitrogens with one attached hydrogen (secondary N) is 3. The molecule has 0 bridgehead atoms. The third-order valence-electron chi connectivity index (χ3n) is 2.99. The van der Waals surface area contributed by atoms with Gasteiger partial charge >= 0.3 is 0 Å². The van der Waals surface area contributed by atoms with Gasteiger partial charge in [0.1, 0.15) is 0 Å². The van der Waals surface area contributed by atoms with Crippen molar-refractivity contribution in [2.24, 2.45) is 0 Å². The second-order valence-electron chi connectivity index (χ2n) is 5.29. The molecular weight excluding hydrogens is 292 g/mol. The molecule has 1 atom stereocenters. The number of aryl methyl sites for hydroxylation is 1. The van der Waals surface area contributed by atoms with Crippen LogP contribution in [0.15, 0.2) is 5.03 Å². The Bertz CT molecular complexity index is 540. The third-order valence-corrected chi connectivity index (χ3v) is 4.38. The Morgan fingerprint density at radius 2 is 2.00 bits per heavy atom. The van der Waals surface area contributed by atoms with Gasteiger partial charge in [-0.2, -0.15) is 5.10 Å². The molecule has 0 fully saturated rings. The number of aromatic nitrogens is 2. The minimum atomic E-state index is -3.64. The van der Waals surface area contributed by atoms with Gasteiger partial charge in [-0.3, -0.25) is 5.10 Å². The van der Waals surface area contributed by atoms with Gasteiger partial charge in [-0.05, 0) is 20.8 Å². The van der Waals surface area contributed by atoms with Crippen LogP contribution in [0.3, 0.4) is 0 Å². The van der Waals surface area contributed by atoms with Crippen molar-refractivity contribution in [3.63, 3.8) is 0 Å². The maximum Gasteiger partial charge on any atom is 0.260 e. The monoisotopic (exact) mass is 318 g/mol. The highest BCUT2D eigenvalue weighted by Crippen LogP contribution is 2.16. The summed E-state index contributed by atoms with van der Waals surface area (Å²) in [5.74, 6) is 0. The number of sulfonamides is 1. The zero-order valence-electron chi connectivity index (χ0n) is 13.4. The molecular formula is C13H26N4O3S. The first-order valence-electron chi connectivity index (χ1n) is 7.16. The van der Waals surface area contributed by atoms with Gasteiger partial charge < -0.3 is 10.1 Å². The number of hydrogen-bond donors (Lipinski definition) is 3. The molecule has 1 rings (SSSR count). The van der Waals surface area contributed by atoms with Crippen LogP contribution in [0.2, 0.25) is 0 Å². The molecule has 3 N–H and O–H groups in total. The highest BCUT2D eigenvalue weighted by molar-refractivity contribution is 7.89. The van der Waals surface area contributed by atoms with E-state index < -0.39 is 10.0 Å². The minimum absolute atomic E-state index is 0.0526. The summed E-state index contributed by atoms with van der Waals surface area (Å²) in [6.07, 6.45) is -0.179. The van der Waals surface area contributed by atoms with E-state index in [1.165, 1.54) is 0 Å². The van der Waals surface area contributed by atoms with Crippen molar-refractivity contribution in [1.82, 2.24) is 20.2 Å². The topological polar surface area (TPSA) is 96.1 Å². The molecule has 0 aliphatic heterocycles. The van der Waals surface area contributed by atoms with Gasteiger partial charge in [0.15, 0.2) is 5.03 Å². The smallest absolute Gasteiger partial charge is 0.260 e. The van der Waals surface area contributed by atoms with Crippen LogP contribution in [0.1, 0.15) is 39.0 Å². The number of aromatic amines is 1. The molecule has 0 spiro atoms. The van der Waals surface area contributed by atoms with Crippen LogP contribution in [0.25, 0.3) is 0 Å². The van der Waals surface area contributed by atoms with Crippen LogP contribution in [-0.4, -0.2) is 43.9 Å². The highest BCUT2D eigenvalue weighted by atomic mass is 32.2. The predicted molar refractivity (Wildman–Crippen MR) is 81.6 cm³/mol. The van der Waals surface area contributed by atoms with E-state index in [1.807, 2.05) is 34.6 Å². The molecule has 1 aromatic rings. The van der Waals surface area contributed by atoms with Crippen molar-refractivity contribution < 1.29 is 13.2 Å². The lowest BCUT2D eigenvalue weighted by atomic mass is 10.2. The van der Waals surface area contributed by atoms with E-state index in [9.17, 15) is 8.42 Å². The Kier molecular flexibility index (Phi) is 6.79. The molecule has 21 heavy (non-hydrogen) atoms. The molecule has 0 saturated carbocycles. The minimum Gasteiger partial charge on any atom is -0.377 e. The normalized spacial score (nSPS) is 13.8. The molecule has 1 heterocycles. The summed E-state index contributed by atoms with van der Waals surface area (Å²) in [6.45, 7) is 10.7. The Labute approximate surface area is 126 Å². The van der Waals surface area contributed by atoms with Crippen molar-refractivity contribution in [3.8, 4) is 0 Å². The predicted octanol–water partition coefficient (Wildman–Crippen LogP) is 0.919. The van der Waals surface area contributed by atoms with Crippen molar-refractivity contribution in [3.05, 3.63) is 11.3 Å². The van der Waals surface area contributed by atoms with E-state index in [1.54, 1.807) is 0 Å². The first-order chi connectivity index (χ1) is 9.77. The number of nitrogens with zero attached hydrogens (tertiary/aromatic N) is 1. The molecule has 122 valence electrons. The maximum atomic E-state index is 12.3. The average Bonchev–Trinajstić information content (AvgIpc) is 2.76. The van der Waals surface area contributed by atoms with Crippen molar-refractivity contribution in [2.45, 2.75) is 58.3 Å². The van der Waals surface area contributed by atoms with Crippen molar-refractivity contribution in [1.29, 1.82) is 0 Å². The van der Waals surface area contributed by atoms with Gasteiger partial charge in [0.05, 0.1) is 6.10 Å². The fraction of sp³-hybridized carbons (Fsp3) is 0.769. The zero-order chi connectivity index (χ0) is 16.0. The lowest BCUT2D eigenvalue weighted by molar-refractivity contribution is 0.0799. The first-order valence-corrected chi connectivity index (χ1v) is 8.64. The second kappa shape index (κ2) is 7.88. The molecule has 0 amide bonds. The number of hydrogen-bond acceptors (Lipinski definition) is 5. The van der Waals surface area contributed by atoms with Gasteiger partial charge in [0, 0.05) is 37.0 Å². The van der Waals surface area contributed by atoms with Crippen LogP contribution in [-0.2, 0) is 21.3 Å². The van der Waals surface area contributed by atoms with Crippen LogP contribution >= 0.6 is 0 Å². The number of H-pyrrole nitrogens is 1. The first kappa shape index (κ1) is 18.1. The lowest BCUT2D eigenvalue weighted by Crippen LogP contribution is -2.33. The second-order valence-corrected chi connectivity index (χ2v) is 6.97. The fourth-order valence-corrected chi connectivity index (χ4v) is 3.11. The van der Waals surface area contributed by atoms with E-state index in [2.05, 4.69) is 20.2 Å². The summed E-state index contributed by atoms with van der Waals surface area (Å²) in [7, 11) is -3.64. The molecule has 1 unspecified atom stereocenters. The van der Waals surface area contributed by atoms with Crippen molar-refractivity contribution >= 4 is 10.0 Å². The largest absolute Gasteiger partial charge is 0.377 e. The van der Waals surface area contributed by atoms with Crippen molar-refractivity contribution in [2.75, 3.05) is 13.2 Å². The van der Waals surface area contributed by atoms with Crippen LogP contribution in [0.4, 0.5) is 0 Å². The Hall–Kier alpha value is -0.960. The summed E-state index contributed by atoms with van der Waals surface area (Å²) in [4.78, 5) is 0. The molecule has 0 saturated heterocycles. The summed E-state index contributed by atoms with van der Waals surface area (Å²) in [5.41, 5.74) is 1.42. The van der Waals surface area contributed by atoms with Crippen LogP contribution in [0, 0.1) is 6.92 Å². The van der Waals surface area contributed by atoms with E-state index in [4.69, 9.17) is 4.74 Å². The molecule has 7 nitrogen and oxygen atoms in total. The van der Waals surface area contributed by atoms with E-state index in [0.29, 0.717) is 18.7 Å². The molecule has 0 aliphatic carbocycles. The summed E-state index contributed by atoms with van der Waals surface area (Å²) < 4.78 is 32.5. The average molecular weight is 318 g/mol. The number of rotatable bonds is 9. The fourth-order valence-electron chi connectivity index (χ4n) is 1.81. The van der Waals surface area contributed by atoms with E-state index in [-0.39, 0.29) is 23.7 Å². The molecule has 0 aliphatic rings. The zero-order valence-corrected chi connectivity index (χ0v) is 14.2. The summed E-state index contributed by atoms with van der Waals surface area (Å²) in [5, 5.41) is 9.93. The lowest BCUT2D eigenvalue weighted by Gasteiger charge is -2.13. The van der Waals surface area contributed by atoms with E-state index >= 15 is 0 Å². The Morgan fingerprint density at radius 3 is 2.57 bits per heavy atom. The third kappa shape index (κ3) is 5.39. The van der Waals surface area contributed by atoms with Gasteiger partial charge in [0.2, 0.25) is 0 Å². The molecule has 0 aromatic carbocycles. The standard InChI is InChI=1S/C13H26N4O3S/c1-6-20-10(4)7-15-21(18,19)13-12(8-14-9(2)3)11(5)16-17-13/h9-10,14-15H,6-8H2,1-5H3,(H,16,17). The van der Waals surface area contributed by atoms with Gasteiger partial charge in [-0.25, -0.2) is 13.1 Å². The number of ether oxygens (including phenoxy) is 1. The van der Waals surface area contributed by atoms with Crippen LogP contribution < -0.4 is 10.0 Å². The molecule has 1 aromatic heterocycles. The summed E-state index contributed by atoms with van der Waals surface area (Å²) >= 11 is 0. The summed E-state index contributed by atoms with van der Waals surface area (Å²) in [6, 6.07) is 0.265. The Morgan fingerprint density at radius 1 is 1.33 bits per heavy atom. The Balaban J connectivity index is 2.83. The van der Waals surface area contributed by atoms with Gasteiger partial charge in [0.25, 0.3) is 10.0 Å². The molecule has 8 heteroatoms. The van der Waals surface area contributed by atoms with Crippen LogP contribution in [0.5, 0.6) is 0 Å². The van der Waals surface area contributed by atoms with Gasteiger partial charge in [-0.15, -0.1) is 0 Å².